The molecular weight excluding hydrogens is 406 g/mol. The van der Waals surface area contributed by atoms with E-state index in [0.29, 0.717) is 23.1 Å². The van der Waals surface area contributed by atoms with E-state index in [0.717, 1.165) is 5.56 Å². The van der Waals surface area contributed by atoms with Crippen LogP contribution in [0.15, 0.2) is 47.3 Å². The van der Waals surface area contributed by atoms with Crippen molar-refractivity contribution in [2.45, 2.75) is 19.0 Å². The monoisotopic (exact) mass is 425 g/mol. The topological polar surface area (TPSA) is 187 Å². The minimum absolute atomic E-state index is 0.0464. The number of carbonyl (C=O) groups is 3. The number of carboxylic acids is 2. The van der Waals surface area contributed by atoms with E-state index in [1.807, 2.05) is 0 Å². The molecule has 3 aromatic rings. The van der Waals surface area contributed by atoms with Crippen LogP contribution in [0.4, 0.5) is 11.6 Å². The Morgan fingerprint density at radius 3 is 2.45 bits per heavy atom. The standard InChI is InChI=1S/C20H19N5O6/c21-20-24-14-6-1-10(7-13(14)18(29)25-20)9-22-12-4-2-11(3-5-12)17(28)23-15(19(30)31)8-16(26)27/h1-7,15,22H,8-9H2,(H,23,28)(H,26,27)(H,30,31)(H3,21,24,25,29). The van der Waals surface area contributed by atoms with Crippen LogP contribution in [0.2, 0.25) is 0 Å². The van der Waals surface area contributed by atoms with E-state index >= 15 is 0 Å². The highest BCUT2D eigenvalue weighted by atomic mass is 16.4. The van der Waals surface area contributed by atoms with Crippen molar-refractivity contribution in [3.63, 3.8) is 0 Å². The number of nitrogens with zero attached hydrogens (tertiary/aromatic N) is 1. The molecule has 0 bridgehead atoms. The van der Waals surface area contributed by atoms with Crippen LogP contribution < -0.4 is 21.9 Å². The lowest BCUT2D eigenvalue weighted by Crippen LogP contribution is -2.42. The molecule has 2 aromatic carbocycles. The van der Waals surface area contributed by atoms with E-state index in [9.17, 15) is 19.2 Å². The van der Waals surface area contributed by atoms with E-state index in [-0.39, 0.29) is 17.1 Å². The molecule has 11 heteroatoms. The van der Waals surface area contributed by atoms with Gasteiger partial charge in [-0.2, -0.15) is 0 Å². The van der Waals surface area contributed by atoms with Crippen molar-refractivity contribution in [3.8, 4) is 0 Å². The molecule has 160 valence electrons. The Morgan fingerprint density at radius 1 is 1.10 bits per heavy atom. The van der Waals surface area contributed by atoms with Crippen molar-refractivity contribution in [2.24, 2.45) is 0 Å². The predicted octanol–water partition coefficient (Wildman–Crippen LogP) is 0.775. The number of H-pyrrole nitrogens is 1. The van der Waals surface area contributed by atoms with Gasteiger partial charge in [0.1, 0.15) is 6.04 Å². The summed E-state index contributed by atoms with van der Waals surface area (Å²) in [5, 5.41) is 23.5. The average Bonchev–Trinajstić information content (AvgIpc) is 2.71. The van der Waals surface area contributed by atoms with Crippen LogP contribution in [-0.4, -0.2) is 44.1 Å². The van der Waals surface area contributed by atoms with Gasteiger partial charge in [-0.05, 0) is 42.0 Å². The zero-order valence-corrected chi connectivity index (χ0v) is 16.1. The fraction of sp³-hybridized carbons (Fsp3) is 0.150. The maximum atomic E-state index is 12.2. The Morgan fingerprint density at radius 2 is 1.81 bits per heavy atom. The summed E-state index contributed by atoms with van der Waals surface area (Å²) in [5.74, 6) is -3.41. The molecule has 0 radical (unpaired) electrons. The minimum Gasteiger partial charge on any atom is -0.481 e. The van der Waals surface area contributed by atoms with Crippen LogP contribution in [0.3, 0.4) is 0 Å². The van der Waals surface area contributed by atoms with Gasteiger partial charge in [-0.3, -0.25) is 19.4 Å². The number of rotatable bonds is 8. The minimum atomic E-state index is -1.52. The average molecular weight is 425 g/mol. The van der Waals surface area contributed by atoms with Crippen LogP contribution in [0, 0.1) is 0 Å². The number of carbonyl (C=O) groups excluding carboxylic acids is 1. The number of fused-ring (bicyclic) bond motifs is 1. The van der Waals surface area contributed by atoms with Gasteiger partial charge in [0, 0.05) is 17.8 Å². The smallest absolute Gasteiger partial charge is 0.326 e. The number of amides is 1. The number of aromatic nitrogens is 2. The Hall–Kier alpha value is -4.41. The van der Waals surface area contributed by atoms with Crippen LogP contribution in [0.5, 0.6) is 0 Å². The van der Waals surface area contributed by atoms with Crippen molar-refractivity contribution in [3.05, 3.63) is 63.9 Å². The van der Waals surface area contributed by atoms with Gasteiger partial charge in [-0.25, -0.2) is 9.78 Å². The summed E-state index contributed by atoms with van der Waals surface area (Å²) >= 11 is 0. The molecule has 0 fully saturated rings. The van der Waals surface area contributed by atoms with Gasteiger partial charge in [0.05, 0.1) is 17.3 Å². The number of aromatic amines is 1. The van der Waals surface area contributed by atoms with Gasteiger partial charge in [0.25, 0.3) is 11.5 Å². The Bertz CT molecular complexity index is 1200. The quantitative estimate of drug-likeness (QED) is 0.303. The summed E-state index contributed by atoms with van der Waals surface area (Å²) in [4.78, 5) is 52.5. The Balaban J connectivity index is 1.65. The molecule has 1 unspecified atom stereocenters. The van der Waals surface area contributed by atoms with E-state index in [2.05, 4.69) is 20.6 Å². The lowest BCUT2D eigenvalue weighted by atomic mass is 10.1. The number of benzene rings is 2. The lowest BCUT2D eigenvalue weighted by Gasteiger charge is -2.13. The molecule has 0 aliphatic heterocycles. The molecule has 1 heterocycles. The number of hydrogen-bond donors (Lipinski definition) is 6. The highest BCUT2D eigenvalue weighted by molar-refractivity contribution is 5.97. The molecule has 0 aliphatic carbocycles. The van der Waals surface area contributed by atoms with Gasteiger partial charge >= 0.3 is 11.9 Å². The molecule has 3 rings (SSSR count). The van der Waals surface area contributed by atoms with Gasteiger partial charge in [0.15, 0.2) is 0 Å². The van der Waals surface area contributed by atoms with E-state index in [1.165, 1.54) is 12.1 Å². The third kappa shape index (κ3) is 5.35. The summed E-state index contributed by atoms with van der Waals surface area (Å²) in [7, 11) is 0. The molecule has 0 spiro atoms. The van der Waals surface area contributed by atoms with Gasteiger partial charge in [-0.1, -0.05) is 6.07 Å². The van der Waals surface area contributed by atoms with Crippen LogP contribution in [0.25, 0.3) is 10.9 Å². The second-order valence-corrected chi connectivity index (χ2v) is 6.70. The number of carboxylic acid groups (broad SMARTS) is 2. The first kappa shape index (κ1) is 21.3. The highest BCUT2D eigenvalue weighted by Gasteiger charge is 2.23. The third-order valence-electron chi connectivity index (χ3n) is 4.41. The van der Waals surface area contributed by atoms with E-state index < -0.39 is 30.3 Å². The highest BCUT2D eigenvalue weighted by Crippen LogP contribution is 2.15. The van der Waals surface area contributed by atoms with Crippen molar-refractivity contribution >= 4 is 40.4 Å². The molecule has 1 atom stereocenters. The molecule has 1 amide bonds. The maximum absolute atomic E-state index is 12.2. The molecule has 1 aromatic heterocycles. The normalized spacial score (nSPS) is 11.6. The first-order valence-corrected chi connectivity index (χ1v) is 9.11. The first-order valence-electron chi connectivity index (χ1n) is 9.11. The summed E-state index contributed by atoms with van der Waals surface area (Å²) in [6.07, 6.45) is -0.725. The fourth-order valence-corrected chi connectivity index (χ4v) is 2.87. The molecule has 0 saturated carbocycles. The summed E-state index contributed by atoms with van der Waals surface area (Å²) < 4.78 is 0. The molecule has 11 nitrogen and oxygen atoms in total. The van der Waals surface area contributed by atoms with Gasteiger partial charge in [-0.15, -0.1) is 0 Å². The van der Waals surface area contributed by atoms with Crippen LogP contribution in [0.1, 0.15) is 22.3 Å². The zero-order chi connectivity index (χ0) is 22.5. The number of nitrogens with one attached hydrogen (secondary N) is 3. The van der Waals surface area contributed by atoms with Crippen LogP contribution in [-0.2, 0) is 16.1 Å². The van der Waals surface area contributed by atoms with Gasteiger partial charge < -0.3 is 26.6 Å². The number of hydrogen-bond acceptors (Lipinski definition) is 7. The Labute approximate surface area is 174 Å². The molecule has 0 aliphatic rings. The zero-order valence-electron chi connectivity index (χ0n) is 16.1. The third-order valence-corrected chi connectivity index (χ3v) is 4.41. The number of anilines is 2. The van der Waals surface area contributed by atoms with E-state index in [4.69, 9.17) is 15.9 Å². The maximum Gasteiger partial charge on any atom is 0.326 e. The molecule has 7 N–H and O–H groups in total. The molecule has 31 heavy (non-hydrogen) atoms. The van der Waals surface area contributed by atoms with Crippen molar-refractivity contribution in [1.29, 1.82) is 0 Å². The van der Waals surface area contributed by atoms with Crippen molar-refractivity contribution < 1.29 is 24.6 Å². The van der Waals surface area contributed by atoms with Gasteiger partial charge in [0.2, 0.25) is 5.95 Å². The van der Waals surface area contributed by atoms with Crippen molar-refractivity contribution in [1.82, 2.24) is 15.3 Å². The predicted molar refractivity (Wildman–Crippen MR) is 112 cm³/mol. The molecule has 0 saturated heterocycles. The van der Waals surface area contributed by atoms with E-state index in [1.54, 1.807) is 30.3 Å². The second-order valence-electron chi connectivity index (χ2n) is 6.70. The summed E-state index contributed by atoms with van der Waals surface area (Å²) in [5.41, 5.74) is 7.38. The first-order chi connectivity index (χ1) is 14.7. The number of nitrogen functional groups attached to an aromatic ring is 1. The summed E-state index contributed by atoms with van der Waals surface area (Å²) in [6, 6.07) is 9.88. The fourth-order valence-electron chi connectivity index (χ4n) is 2.87. The van der Waals surface area contributed by atoms with Crippen molar-refractivity contribution in [2.75, 3.05) is 11.1 Å². The SMILES string of the molecule is Nc1nc2ccc(CNc3ccc(C(=O)NC(CC(=O)O)C(=O)O)cc3)cc2c(=O)[nH]1. The van der Waals surface area contributed by atoms with Crippen LogP contribution >= 0.6 is 0 Å². The number of aliphatic carboxylic acids is 2. The lowest BCUT2D eigenvalue weighted by molar-refractivity contribution is -0.145. The second kappa shape index (κ2) is 8.95. The largest absolute Gasteiger partial charge is 0.481 e. The Kier molecular flexibility index (Phi) is 6.15. The number of nitrogens with two attached hydrogens (primary N) is 1. The summed E-state index contributed by atoms with van der Waals surface area (Å²) in [6.45, 7) is 0.394. The molecular formula is C20H19N5O6.